The molecular weight excluding hydrogens is 164 g/mol. The molecule has 3 saturated carbocycles. The summed E-state index contributed by atoms with van der Waals surface area (Å²) >= 11 is 0. The van der Waals surface area contributed by atoms with Crippen molar-refractivity contribution >= 4 is 11.6 Å². The van der Waals surface area contributed by atoms with Crippen molar-refractivity contribution in [3.8, 4) is 0 Å². The third kappa shape index (κ3) is 0.890. The lowest BCUT2D eigenvalue weighted by Gasteiger charge is -2.29. The lowest BCUT2D eigenvalue weighted by molar-refractivity contribution is -0.125. The van der Waals surface area contributed by atoms with Gasteiger partial charge < -0.3 is 0 Å². The molecule has 0 amide bonds. The van der Waals surface area contributed by atoms with Gasteiger partial charge in [-0.3, -0.25) is 9.59 Å². The Hall–Kier alpha value is -0.660. The van der Waals surface area contributed by atoms with Crippen LogP contribution in [-0.4, -0.2) is 11.6 Å². The average Bonchev–Trinajstić information content (AvgIpc) is 2.59. The van der Waals surface area contributed by atoms with Crippen LogP contribution in [0.3, 0.4) is 0 Å². The molecule has 0 bridgehead atoms. The zero-order valence-electron chi connectivity index (χ0n) is 7.66. The minimum absolute atomic E-state index is 0.141. The van der Waals surface area contributed by atoms with Crippen LogP contribution in [0.2, 0.25) is 0 Å². The summed E-state index contributed by atoms with van der Waals surface area (Å²) in [6.07, 6.45) is 4.77. The second-order valence-electron chi connectivity index (χ2n) is 4.82. The van der Waals surface area contributed by atoms with E-state index in [1.54, 1.807) is 0 Å². The Balaban J connectivity index is 1.99. The van der Waals surface area contributed by atoms with Gasteiger partial charge in [-0.2, -0.15) is 0 Å². The largest absolute Gasteiger partial charge is 0.299 e. The molecule has 3 rings (SSSR count). The molecule has 0 radical (unpaired) electrons. The predicted molar refractivity (Wildman–Crippen MR) is 47.1 cm³/mol. The molecule has 0 heterocycles. The first-order valence-electron chi connectivity index (χ1n) is 5.33. The molecule has 3 aliphatic rings. The molecular formula is C11H14O2. The van der Waals surface area contributed by atoms with Crippen molar-refractivity contribution in [3.05, 3.63) is 0 Å². The van der Waals surface area contributed by atoms with E-state index in [0.29, 0.717) is 29.8 Å². The van der Waals surface area contributed by atoms with Crippen LogP contribution in [-0.2, 0) is 9.59 Å². The number of rotatable bonds is 0. The molecule has 0 saturated heterocycles. The lowest BCUT2D eigenvalue weighted by Crippen LogP contribution is -2.25. The maximum atomic E-state index is 11.6. The summed E-state index contributed by atoms with van der Waals surface area (Å²) in [7, 11) is 0. The molecule has 0 aromatic carbocycles. The highest BCUT2D eigenvalue weighted by molar-refractivity contribution is 5.95. The van der Waals surface area contributed by atoms with E-state index in [1.165, 1.54) is 6.42 Å². The maximum absolute atomic E-state index is 11.6. The fraction of sp³-hybridized carbons (Fsp3) is 0.818. The van der Waals surface area contributed by atoms with E-state index in [1.807, 2.05) is 0 Å². The summed E-state index contributed by atoms with van der Waals surface area (Å²) in [5.41, 5.74) is 0. The van der Waals surface area contributed by atoms with Crippen LogP contribution < -0.4 is 0 Å². The van der Waals surface area contributed by atoms with Crippen molar-refractivity contribution in [1.29, 1.82) is 0 Å². The first kappa shape index (κ1) is 7.72. The Morgan fingerprint density at radius 1 is 0.923 bits per heavy atom. The molecule has 0 aliphatic heterocycles. The number of Topliss-reactive ketones (excluding diaryl/α,β-unsaturated/α-hetero) is 2. The van der Waals surface area contributed by atoms with Crippen LogP contribution in [0.1, 0.15) is 32.1 Å². The second-order valence-corrected chi connectivity index (χ2v) is 4.82. The first-order chi connectivity index (χ1) is 6.27. The van der Waals surface area contributed by atoms with Crippen LogP contribution in [0.5, 0.6) is 0 Å². The minimum Gasteiger partial charge on any atom is -0.299 e. The smallest absolute Gasteiger partial charge is 0.137 e. The summed E-state index contributed by atoms with van der Waals surface area (Å²) in [6, 6.07) is 0. The third-order valence-electron chi connectivity index (χ3n) is 4.28. The molecule has 2 nitrogen and oxygen atoms in total. The van der Waals surface area contributed by atoms with Gasteiger partial charge in [-0.25, -0.2) is 0 Å². The van der Waals surface area contributed by atoms with E-state index in [2.05, 4.69) is 0 Å². The van der Waals surface area contributed by atoms with E-state index >= 15 is 0 Å². The molecule has 0 spiro atoms. The monoisotopic (exact) mass is 178 g/mol. The van der Waals surface area contributed by atoms with Gasteiger partial charge in [0.05, 0.1) is 0 Å². The van der Waals surface area contributed by atoms with Crippen molar-refractivity contribution in [2.75, 3.05) is 0 Å². The Labute approximate surface area is 77.7 Å². The number of hydrogen-bond donors (Lipinski definition) is 0. The molecule has 0 aromatic heterocycles. The van der Waals surface area contributed by atoms with E-state index in [4.69, 9.17) is 0 Å². The normalized spacial score (nSPS) is 48.3. The lowest BCUT2D eigenvalue weighted by atomic mass is 9.74. The highest BCUT2D eigenvalue weighted by atomic mass is 16.1. The highest BCUT2D eigenvalue weighted by Gasteiger charge is 2.54. The molecule has 0 unspecified atom stereocenters. The van der Waals surface area contributed by atoms with E-state index < -0.39 is 0 Å². The topological polar surface area (TPSA) is 34.1 Å². The molecule has 3 fully saturated rings. The summed E-state index contributed by atoms with van der Waals surface area (Å²) in [5.74, 6) is 2.22. The van der Waals surface area contributed by atoms with Gasteiger partial charge in [0.15, 0.2) is 0 Å². The Morgan fingerprint density at radius 3 is 2.54 bits per heavy atom. The SMILES string of the molecule is O=C1C[C@@H]2C(=O)C[C@@H]3CCC[C@H]1[C@H]32. The van der Waals surface area contributed by atoms with Gasteiger partial charge in [-0.05, 0) is 24.7 Å². The van der Waals surface area contributed by atoms with Crippen molar-refractivity contribution < 1.29 is 9.59 Å². The minimum atomic E-state index is 0.141. The van der Waals surface area contributed by atoms with Gasteiger partial charge in [-0.15, -0.1) is 0 Å². The van der Waals surface area contributed by atoms with Crippen molar-refractivity contribution in [3.63, 3.8) is 0 Å². The van der Waals surface area contributed by atoms with Crippen LogP contribution in [0, 0.1) is 23.7 Å². The quantitative estimate of drug-likeness (QED) is 0.564. The molecule has 0 N–H and O–H groups in total. The Bertz CT molecular complexity index is 280. The molecule has 0 aromatic rings. The molecule has 4 atom stereocenters. The van der Waals surface area contributed by atoms with E-state index in [0.717, 1.165) is 19.3 Å². The summed E-state index contributed by atoms with van der Waals surface area (Å²) in [4.78, 5) is 23.2. The number of hydrogen-bond acceptors (Lipinski definition) is 2. The van der Waals surface area contributed by atoms with Crippen molar-refractivity contribution in [2.45, 2.75) is 32.1 Å². The van der Waals surface area contributed by atoms with Crippen LogP contribution in [0.25, 0.3) is 0 Å². The van der Waals surface area contributed by atoms with Crippen LogP contribution in [0.15, 0.2) is 0 Å². The van der Waals surface area contributed by atoms with Gasteiger partial charge in [0.2, 0.25) is 0 Å². The fourth-order valence-corrected chi connectivity index (χ4v) is 3.78. The average molecular weight is 178 g/mol. The van der Waals surface area contributed by atoms with Gasteiger partial charge in [0.25, 0.3) is 0 Å². The van der Waals surface area contributed by atoms with Crippen LogP contribution >= 0.6 is 0 Å². The first-order valence-corrected chi connectivity index (χ1v) is 5.33. The summed E-state index contributed by atoms with van der Waals surface area (Å²) in [6.45, 7) is 0. The molecule has 70 valence electrons. The Kier molecular flexibility index (Phi) is 1.44. The van der Waals surface area contributed by atoms with Crippen molar-refractivity contribution in [1.82, 2.24) is 0 Å². The maximum Gasteiger partial charge on any atom is 0.137 e. The van der Waals surface area contributed by atoms with E-state index in [9.17, 15) is 9.59 Å². The Morgan fingerprint density at radius 2 is 1.69 bits per heavy atom. The second kappa shape index (κ2) is 2.43. The number of ketones is 2. The van der Waals surface area contributed by atoms with Crippen molar-refractivity contribution in [2.24, 2.45) is 23.7 Å². The third-order valence-corrected chi connectivity index (χ3v) is 4.28. The fourth-order valence-electron chi connectivity index (χ4n) is 3.78. The highest BCUT2D eigenvalue weighted by Crippen LogP contribution is 2.53. The van der Waals surface area contributed by atoms with Gasteiger partial charge in [-0.1, -0.05) is 6.42 Å². The molecule has 2 heteroatoms. The van der Waals surface area contributed by atoms with Crippen LogP contribution in [0.4, 0.5) is 0 Å². The summed E-state index contributed by atoms with van der Waals surface area (Å²) in [5, 5.41) is 0. The zero-order chi connectivity index (χ0) is 9.00. The van der Waals surface area contributed by atoms with Gasteiger partial charge in [0.1, 0.15) is 11.6 Å². The predicted octanol–water partition coefficient (Wildman–Crippen LogP) is 1.58. The zero-order valence-corrected chi connectivity index (χ0v) is 7.66. The summed E-state index contributed by atoms with van der Waals surface area (Å²) < 4.78 is 0. The number of carbonyl (C=O) groups excluding carboxylic acids is 2. The number of carbonyl (C=O) groups is 2. The molecule has 13 heavy (non-hydrogen) atoms. The van der Waals surface area contributed by atoms with Gasteiger partial charge in [0, 0.05) is 24.7 Å². The van der Waals surface area contributed by atoms with Gasteiger partial charge >= 0.3 is 0 Å². The standard InChI is InChI=1S/C11H14O2/c12-9-4-6-2-1-3-7-10(13)5-8(9)11(6)7/h6-8,11H,1-5H2/t6-,7+,8+,11-/m0/s1. The molecule has 3 aliphatic carbocycles. The van der Waals surface area contributed by atoms with E-state index in [-0.39, 0.29) is 11.8 Å².